The minimum Gasteiger partial charge on any atom is -0.333 e. The van der Waals surface area contributed by atoms with Crippen molar-refractivity contribution in [1.29, 1.82) is 0 Å². The Morgan fingerprint density at radius 2 is 2.08 bits per heavy atom. The molecule has 2 aromatic rings. The lowest BCUT2D eigenvalue weighted by molar-refractivity contribution is -0.142. The molecule has 1 aliphatic carbocycles. The van der Waals surface area contributed by atoms with E-state index in [4.69, 9.17) is 0 Å². The van der Waals surface area contributed by atoms with Gasteiger partial charge < -0.3 is 9.47 Å². The molecule has 0 atom stereocenters. The number of aromatic nitrogens is 3. The highest BCUT2D eigenvalue weighted by molar-refractivity contribution is 5.89. The van der Waals surface area contributed by atoms with Crippen molar-refractivity contribution in [3.05, 3.63) is 47.0 Å². The van der Waals surface area contributed by atoms with Crippen LogP contribution in [0.1, 0.15) is 49.0 Å². The van der Waals surface area contributed by atoms with Crippen LogP contribution < -0.4 is 0 Å². The smallest absolute Gasteiger partial charge is 0.233 e. The molecule has 1 aromatic carbocycles. The first-order valence-corrected chi connectivity index (χ1v) is 8.91. The van der Waals surface area contributed by atoms with Gasteiger partial charge in [-0.3, -0.25) is 4.79 Å². The molecule has 2 heterocycles. The zero-order valence-corrected chi connectivity index (χ0v) is 14.5. The third-order valence-corrected chi connectivity index (χ3v) is 5.62. The number of carbonyl (C=O) groups is 1. The van der Waals surface area contributed by atoms with E-state index in [0.29, 0.717) is 6.54 Å². The van der Waals surface area contributed by atoms with Gasteiger partial charge in [-0.05, 0) is 25.3 Å². The maximum Gasteiger partial charge on any atom is 0.233 e. The quantitative estimate of drug-likeness (QED) is 0.872. The molecule has 0 saturated heterocycles. The van der Waals surface area contributed by atoms with Crippen molar-refractivity contribution in [2.24, 2.45) is 0 Å². The van der Waals surface area contributed by atoms with Gasteiger partial charge in [0.15, 0.2) is 5.82 Å². The molecule has 0 bridgehead atoms. The number of carbonyl (C=O) groups excluding carboxylic acids is 1. The summed E-state index contributed by atoms with van der Waals surface area (Å²) >= 11 is 0. The number of nitrogens with zero attached hydrogens (tertiary/aromatic N) is 4. The van der Waals surface area contributed by atoms with E-state index in [9.17, 15) is 4.79 Å². The third kappa shape index (κ3) is 2.26. The summed E-state index contributed by atoms with van der Waals surface area (Å²) in [6.45, 7) is 6.33. The second kappa shape index (κ2) is 5.72. The van der Waals surface area contributed by atoms with Gasteiger partial charge in [-0.25, -0.2) is 0 Å². The molecule has 1 amide bonds. The van der Waals surface area contributed by atoms with Crippen LogP contribution in [0.4, 0.5) is 0 Å². The van der Waals surface area contributed by atoms with Gasteiger partial charge >= 0.3 is 0 Å². The van der Waals surface area contributed by atoms with Gasteiger partial charge in [-0.15, -0.1) is 10.2 Å². The van der Waals surface area contributed by atoms with Crippen molar-refractivity contribution >= 4 is 5.91 Å². The van der Waals surface area contributed by atoms with Crippen molar-refractivity contribution in [2.75, 3.05) is 6.54 Å². The number of fused-ring (bicyclic) bond motifs is 1. The summed E-state index contributed by atoms with van der Waals surface area (Å²) in [5, 5.41) is 8.54. The lowest BCUT2D eigenvalue weighted by Crippen LogP contribution is -2.52. The first kappa shape index (κ1) is 15.4. The van der Waals surface area contributed by atoms with Crippen LogP contribution in [-0.4, -0.2) is 32.1 Å². The van der Waals surface area contributed by atoms with Gasteiger partial charge in [0.05, 0.1) is 12.0 Å². The van der Waals surface area contributed by atoms with Crippen molar-refractivity contribution in [2.45, 2.75) is 58.0 Å². The number of amides is 1. The Bertz CT molecular complexity index is 775. The van der Waals surface area contributed by atoms with Crippen LogP contribution in [0.3, 0.4) is 0 Å². The molecular weight excluding hydrogens is 300 g/mol. The van der Waals surface area contributed by atoms with Gasteiger partial charge in [0, 0.05) is 19.5 Å². The molecule has 126 valence electrons. The fraction of sp³-hybridized carbons (Fsp3) is 0.526. The molecule has 2 aliphatic rings. The van der Waals surface area contributed by atoms with Gasteiger partial charge in [-0.2, -0.15) is 0 Å². The van der Waals surface area contributed by atoms with E-state index in [-0.39, 0.29) is 11.3 Å². The minimum atomic E-state index is -0.318. The summed E-state index contributed by atoms with van der Waals surface area (Å²) in [5.41, 5.74) is 2.08. The Morgan fingerprint density at radius 1 is 1.25 bits per heavy atom. The van der Waals surface area contributed by atoms with Crippen molar-refractivity contribution in [3.63, 3.8) is 0 Å². The molecule has 5 nitrogen and oxygen atoms in total. The average molecular weight is 324 g/mol. The molecule has 1 saturated carbocycles. The van der Waals surface area contributed by atoms with Crippen molar-refractivity contribution in [1.82, 2.24) is 19.7 Å². The lowest BCUT2D eigenvalue weighted by atomic mass is 9.63. The molecular formula is C19H24N4O. The molecule has 5 heteroatoms. The zero-order chi connectivity index (χ0) is 16.7. The van der Waals surface area contributed by atoms with E-state index >= 15 is 0 Å². The highest BCUT2D eigenvalue weighted by Crippen LogP contribution is 2.45. The van der Waals surface area contributed by atoms with Crippen LogP contribution in [-0.2, 0) is 29.7 Å². The molecule has 1 aliphatic heterocycles. The van der Waals surface area contributed by atoms with E-state index in [1.165, 1.54) is 11.1 Å². The SMILES string of the molecule is CCc1nnc2n1CCN(C(=O)C1(c3cccc(C)c3)CCC1)C2. The fourth-order valence-electron chi connectivity index (χ4n) is 4.05. The predicted octanol–water partition coefficient (Wildman–Crippen LogP) is 2.61. The maximum atomic E-state index is 13.4. The number of rotatable bonds is 3. The van der Waals surface area contributed by atoms with E-state index < -0.39 is 0 Å². The number of hydrogen-bond donors (Lipinski definition) is 0. The van der Waals surface area contributed by atoms with E-state index in [1.807, 2.05) is 4.90 Å². The maximum absolute atomic E-state index is 13.4. The highest BCUT2D eigenvalue weighted by atomic mass is 16.2. The van der Waals surface area contributed by atoms with E-state index in [0.717, 1.165) is 50.4 Å². The van der Waals surface area contributed by atoms with Crippen molar-refractivity contribution < 1.29 is 4.79 Å². The summed E-state index contributed by atoms with van der Waals surface area (Å²) in [6, 6.07) is 8.46. The van der Waals surface area contributed by atoms with E-state index in [1.54, 1.807) is 0 Å². The van der Waals surface area contributed by atoms with E-state index in [2.05, 4.69) is 52.9 Å². The van der Waals surface area contributed by atoms with Crippen LogP contribution in [0, 0.1) is 6.92 Å². The minimum absolute atomic E-state index is 0.270. The first-order valence-electron chi connectivity index (χ1n) is 8.91. The third-order valence-electron chi connectivity index (χ3n) is 5.62. The second-order valence-corrected chi connectivity index (χ2v) is 7.07. The Balaban J connectivity index is 1.61. The Kier molecular flexibility index (Phi) is 3.66. The normalized spacial score (nSPS) is 18.8. The summed E-state index contributed by atoms with van der Waals surface area (Å²) in [6.07, 6.45) is 3.93. The number of aryl methyl sites for hydroxylation is 2. The van der Waals surface area contributed by atoms with Crippen LogP contribution in [0.15, 0.2) is 24.3 Å². The Hall–Kier alpha value is -2.17. The van der Waals surface area contributed by atoms with Gasteiger partial charge in [0.2, 0.25) is 5.91 Å². The lowest BCUT2D eigenvalue weighted by Gasteiger charge is -2.45. The predicted molar refractivity (Wildman–Crippen MR) is 91.5 cm³/mol. The highest BCUT2D eigenvalue weighted by Gasteiger charge is 2.48. The summed E-state index contributed by atoms with van der Waals surface area (Å²) < 4.78 is 2.17. The number of benzene rings is 1. The van der Waals surface area contributed by atoms with Gasteiger partial charge in [0.1, 0.15) is 5.82 Å². The van der Waals surface area contributed by atoms with Crippen LogP contribution in [0.5, 0.6) is 0 Å². The summed E-state index contributed by atoms with van der Waals surface area (Å²) in [5.74, 6) is 2.21. The Morgan fingerprint density at radius 3 is 2.75 bits per heavy atom. The molecule has 1 fully saturated rings. The molecule has 24 heavy (non-hydrogen) atoms. The molecule has 0 unspecified atom stereocenters. The van der Waals surface area contributed by atoms with Crippen molar-refractivity contribution in [3.8, 4) is 0 Å². The van der Waals surface area contributed by atoms with Crippen LogP contribution >= 0.6 is 0 Å². The summed E-state index contributed by atoms with van der Waals surface area (Å²) in [7, 11) is 0. The second-order valence-electron chi connectivity index (χ2n) is 7.07. The summed E-state index contributed by atoms with van der Waals surface area (Å²) in [4.78, 5) is 15.4. The zero-order valence-electron chi connectivity index (χ0n) is 14.5. The number of hydrogen-bond acceptors (Lipinski definition) is 3. The molecule has 0 radical (unpaired) electrons. The Labute approximate surface area is 142 Å². The molecule has 0 N–H and O–H groups in total. The molecule has 1 aromatic heterocycles. The van der Waals surface area contributed by atoms with Crippen LogP contribution in [0.25, 0.3) is 0 Å². The topological polar surface area (TPSA) is 51.0 Å². The largest absolute Gasteiger partial charge is 0.333 e. The monoisotopic (exact) mass is 324 g/mol. The van der Waals surface area contributed by atoms with Crippen LogP contribution in [0.2, 0.25) is 0 Å². The molecule has 0 spiro atoms. The fourth-order valence-corrected chi connectivity index (χ4v) is 4.05. The molecule has 4 rings (SSSR count). The standard InChI is InChI=1S/C19H24N4O/c1-3-16-20-21-17-13-22(10-11-23(16)17)18(24)19(8-5-9-19)15-7-4-6-14(2)12-15/h4,6-7,12H,3,5,8-11,13H2,1-2H3. The van der Waals surface area contributed by atoms with Gasteiger partial charge in [-0.1, -0.05) is 43.2 Å². The first-order chi connectivity index (χ1) is 11.6. The average Bonchev–Trinajstić information content (AvgIpc) is 2.96. The van der Waals surface area contributed by atoms with Gasteiger partial charge in [0.25, 0.3) is 0 Å².